The van der Waals surface area contributed by atoms with Crippen LogP contribution in [0.1, 0.15) is 12.8 Å². The molecule has 0 aromatic heterocycles. The number of ether oxygens (including phenoxy) is 1. The maximum Gasteiger partial charge on any atom is 0.312 e. The Morgan fingerprint density at radius 2 is 2.05 bits per heavy atom. The quantitative estimate of drug-likeness (QED) is 0.425. The molecule has 5 N–H and O–H groups in total. The van der Waals surface area contributed by atoms with E-state index in [1.54, 1.807) is 0 Å². The number of aliphatic carboxylic acids is 1. The van der Waals surface area contributed by atoms with Crippen LogP contribution in [0.4, 0.5) is 4.79 Å². The Morgan fingerprint density at radius 3 is 2.50 bits per heavy atom. The summed E-state index contributed by atoms with van der Waals surface area (Å²) in [5.74, 6) is -0.744. The lowest BCUT2D eigenvalue weighted by molar-refractivity contribution is -0.140. The molecule has 0 aliphatic rings. The molecule has 2 atom stereocenters. The first-order chi connectivity index (χ1) is 9.40. The summed E-state index contributed by atoms with van der Waals surface area (Å²) in [6, 6.07) is -1.51. The van der Waals surface area contributed by atoms with Crippen LogP contribution in [-0.2, 0) is 14.3 Å². The molecule has 0 rings (SSSR count). The summed E-state index contributed by atoms with van der Waals surface area (Å²) in [6.45, 7) is 0.0534. The molecule has 0 saturated heterocycles. The summed E-state index contributed by atoms with van der Waals surface area (Å²) >= 11 is 1.54. The third-order valence-electron chi connectivity index (χ3n) is 2.48. The third-order valence-corrected chi connectivity index (χ3v) is 3.13. The number of hydrogen-bond donors (Lipinski definition) is 4. The first-order valence-electron chi connectivity index (χ1n) is 5.97. The Bertz CT molecular complexity index is 340. The van der Waals surface area contributed by atoms with E-state index in [0.717, 1.165) is 0 Å². The van der Waals surface area contributed by atoms with Crippen molar-refractivity contribution in [1.29, 1.82) is 0 Å². The number of methoxy groups -OCH3 is 1. The number of hydrogen-bond acceptors (Lipinski definition) is 5. The van der Waals surface area contributed by atoms with E-state index in [2.05, 4.69) is 10.6 Å². The highest BCUT2D eigenvalue weighted by Crippen LogP contribution is 2.02. The van der Waals surface area contributed by atoms with Gasteiger partial charge in [-0.1, -0.05) is 0 Å². The standard InChI is InChI=1S/C11H21N3O5S/c1-19-7(5-9(15)16)6-13-10(17)8(3-4-20-2)14-11(12)18/h7-8H,3-6H2,1-2H3,(H,13,17)(H,15,16)(H3,12,14,18). The van der Waals surface area contributed by atoms with Gasteiger partial charge in [0.15, 0.2) is 0 Å². The second kappa shape index (κ2) is 10.3. The van der Waals surface area contributed by atoms with Crippen molar-refractivity contribution in [3.8, 4) is 0 Å². The van der Waals surface area contributed by atoms with Gasteiger partial charge in [-0.2, -0.15) is 11.8 Å². The normalized spacial score (nSPS) is 13.3. The van der Waals surface area contributed by atoms with Gasteiger partial charge in [-0.3, -0.25) is 9.59 Å². The van der Waals surface area contributed by atoms with Gasteiger partial charge >= 0.3 is 12.0 Å². The molecule has 0 bridgehead atoms. The second-order valence-electron chi connectivity index (χ2n) is 4.04. The van der Waals surface area contributed by atoms with Gasteiger partial charge in [0.25, 0.3) is 0 Å². The molecular formula is C11H21N3O5S. The Labute approximate surface area is 121 Å². The molecule has 0 aliphatic heterocycles. The SMILES string of the molecule is COC(CNC(=O)C(CCSC)NC(N)=O)CC(=O)O. The number of nitrogens with one attached hydrogen (secondary N) is 2. The zero-order valence-corrected chi connectivity index (χ0v) is 12.4. The van der Waals surface area contributed by atoms with E-state index in [0.29, 0.717) is 12.2 Å². The van der Waals surface area contributed by atoms with Crippen molar-refractivity contribution in [3.63, 3.8) is 0 Å². The molecule has 116 valence electrons. The van der Waals surface area contributed by atoms with Gasteiger partial charge in [-0.05, 0) is 18.4 Å². The maximum absolute atomic E-state index is 11.9. The van der Waals surface area contributed by atoms with E-state index in [1.165, 1.54) is 18.9 Å². The van der Waals surface area contributed by atoms with Gasteiger partial charge in [-0.15, -0.1) is 0 Å². The first-order valence-corrected chi connectivity index (χ1v) is 7.37. The fraction of sp³-hybridized carbons (Fsp3) is 0.727. The fourth-order valence-corrected chi connectivity index (χ4v) is 1.92. The lowest BCUT2D eigenvalue weighted by Gasteiger charge is -2.19. The molecule has 0 aliphatic carbocycles. The molecule has 9 heteroatoms. The third kappa shape index (κ3) is 8.59. The van der Waals surface area contributed by atoms with Crippen molar-refractivity contribution in [2.45, 2.75) is 25.0 Å². The number of carboxylic acids is 1. The molecule has 3 amide bonds. The van der Waals surface area contributed by atoms with Crippen LogP contribution < -0.4 is 16.4 Å². The molecule has 2 unspecified atom stereocenters. The number of rotatable bonds is 10. The zero-order valence-electron chi connectivity index (χ0n) is 11.5. The topological polar surface area (TPSA) is 131 Å². The van der Waals surface area contributed by atoms with Crippen LogP contribution in [0.3, 0.4) is 0 Å². The molecule has 0 saturated carbocycles. The Balaban J connectivity index is 4.35. The van der Waals surface area contributed by atoms with Gasteiger partial charge < -0.3 is 26.2 Å². The minimum atomic E-state index is -1.01. The lowest BCUT2D eigenvalue weighted by Crippen LogP contribution is -2.50. The first kappa shape index (κ1) is 18.5. The Morgan fingerprint density at radius 1 is 1.40 bits per heavy atom. The van der Waals surface area contributed by atoms with Gasteiger partial charge in [0.2, 0.25) is 5.91 Å². The number of carbonyl (C=O) groups is 3. The highest BCUT2D eigenvalue weighted by molar-refractivity contribution is 7.98. The fourth-order valence-electron chi connectivity index (χ4n) is 1.45. The highest BCUT2D eigenvalue weighted by Gasteiger charge is 2.21. The second-order valence-corrected chi connectivity index (χ2v) is 5.03. The van der Waals surface area contributed by atoms with Crippen molar-refractivity contribution in [3.05, 3.63) is 0 Å². The van der Waals surface area contributed by atoms with Crippen LogP contribution in [0.5, 0.6) is 0 Å². The van der Waals surface area contributed by atoms with Gasteiger partial charge in [0.05, 0.1) is 12.5 Å². The predicted molar refractivity (Wildman–Crippen MR) is 75.6 cm³/mol. The molecule has 8 nitrogen and oxygen atoms in total. The Kier molecular flexibility index (Phi) is 9.56. The van der Waals surface area contributed by atoms with Crippen molar-refractivity contribution >= 4 is 29.7 Å². The number of nitrogens with two attached hydrogens (primary N) is 1. The molecule has 0 aromatic carbocycles. The van der Waals surface area contributed by atoms with E-state index < -0.39 is 30.1 Å². The average molecular weight is 307 g/mol. The summed E-state index contributed by atoms with van der Waals surface area (Å²) in [5.41, 5.74) is 5.01. The van der Waals surface area contributed by atoms with Crippen LogP contribution in [-0.4, -0.2) is 60.8 Å². The summed E-state index contributed by atoms with van der Waals surface area (Å²) in [4.78, 5) is 33.3. The van der Waals surface area contributed by atoms with Crippen LogP contribution in [0.15, 0.2) is 0 Å². The van der Waals surface area contributed by atoms with Crippen molar-refractivity contribution in [2.75, 3.05) is 25.7 Å². The van der Waals surface area contributed by atoms with Crippen LogP contribution >= 0.6 is 11.8 Å². The highest BCUT2D eigenvalue weighted by atomic mass is 32.2. The number of urea groups is 1. The molecular weight excluding hydrogens is 286 g/mol. The molecule has 0 heterocycles. The van der Waals surface area contributed by atoms with E-state index in [-0.39, 0.29) is 13.0 Å². The van der Waals surface area contributed by atoms with E-state index >= 15 is 0 Å². The zero-order chi connectivity index (χ0) is 15.5. The smallest absolute Gasteiger partial charge is 0.312 e. The number of carbonyl (C=O) groups excluding carboxylic acids is 2. The lowest BCUT2D eigenvalue weighted by atomic mass is 10.2. The van der Waals surface area contributed by atoms with E-state index in [1.807, 2.05) is 6.26 Å². The number of primary amides is 1. The van der Waals surface area contributed by atoms with Gasteiger partial charge in [0.1, 0.15) is 6.04 Å². The predicted octanol–water partition coefficient (Wildman–Crippen LogP) is -0.618. The summed E-state index contributed by atoms with van der Waals surface area (Å²) in [6.07, 6.45) is 1.49. The van der Waals surface area contributed by atoms with Crippen LogP contribution in [0, 0.1) is 0 Å². The number of amides is 3. The Hall–Kier alpha value is -1.48. The number of carboxylic acid groups (broad SMARTS) is 1. The monoisotopic (exact) mass is 307 g/mol. The van der Waals surface area contributed by atoms with E-state index in [9.17, 15) is 14.4 Å². The van der Waals surface area contributed by atoms with Crippen molar-refractivity contribution in [1.82, 2.24) is 10.6 Å². The summed E-state index contributed by atoms with van der Waals surface area (Å²) < 4.78 is 4.94. The minimum absolute atomic E-state index is 0.0534. The summed E-state index contributed by atoms with van der Waals surface area (Å²) in [7, 11) is 1.37. The van der Waals surface area contributed by atoms with Crippen molar-refractivity contribution in [2.24, 2.45) is 5.73 Å². The minimum Gasteiger partial charge on any atom is -0.481 e. The summed E-state index contributed by atoms with van der Waals surface area (Å²) in [5, 5.41) is 13.6. The molecule has 0 radical (unpaired) electrons. The maximum atomic E-state index is 11.9. The van der Waals surface area contributed by atoms with Gasteiger partial charge in [-0.25, -0.2) is 4.79 Å². The number of thioether (sulfide) groups is 1. The molecule has 0 aromatic rings. The molecule has 0 fully saturated rings. The molecule has 0 spiro atoms. The average Bonchev–Trinajstić information content (AvgIpc) is 2.38. The molecule has 20 heavy (non-hydrogen) atoms. The van der Waals surface area contributed by atoms with Crippen LogP contribution in [0.25, 0.3) is 0 Å². The van der Waals surface area contributed by atoms with E-state index in [4.69, 9.17) is 15.6 Å². The van der Waals surface area contributed by atoms with Gasteiger partial charge in [0, 0.05) is 13.7 Å². The van der Waals surface area contributed by atoms with Crippen molar-refractivity contribution < 1.29 is 24.2 Å². The largest absolute Gasteiger partial charge is 0.481 e. The van der Waals surface area contributed by atoms with Crippen LogP contribution in [0.2, 0.25) is 0 Å².